The van der Waals surface area contributed by atoms with Crippen molar-refractivity contribution >= 4 is 10.0 Å². The molecule has 1 rings (SSSR count). The summed E-state index contributed by atoms with van der Waals surface area (Å²) < 4.78 is 21.5. The van der Waals surface area contributed by atoms with Crippen LogP contribution in [0.25, 0.3) is 0 Å². The molecule has 0 spiro atoms. The van der Waals surface area contributed by atoms with Crippen molar-refractivity contribution in [3.63, 3.8) is 0 Å². The third-order valence-corrected chi connectivity index (χ3v) is 3.90. The van der Waals surface area contributed by atoms with Gasteiger partial charge in [-0.15, -0.1) is 0 Å². The molecule has 0 aromatic heterocycles. The van der Waals surface area contributed by atoms with Crippen LogP contribution in [0.3, 0.4) is 0 Å². The Hall–Kier alpha value is -0.130. The highest BCUT2D eigenvalue weighted by Gasteiger charge is 2.36. The maximum Gasteiger partial charge on any atom is 0.210 e. The van der Waals surface area contributed by atoms with E-state index in [1.54, 1.807) is 0 Å². The lowest BCUT2D eigenvalue weighted by atomic mass is 9.91. The zero-order chi connectivity index (χ0) is 11.7. The van der Waals surface area contributed by atoms with Crippen molar-refractivity contribution in [2.24, 2.45) is 16.5 Å². The first kappa shape index (κ1) is 12.9. The lowest BCUT2D eigenvalue weighted by Gasteiger charge is -2.18. The molecule has 1 fully saturated rings. The number of hydrogen-bond donors (Lipinski definition) is 2. The number of hydrogen-bond acceptors (Lipinski definition) is 3. The van der Waals surface area contributed by atoms with Gasteiger partial charge in [-0.3, -0.25) is 0 Å². The van der Waals surface area contributed by atoms with Crippen LogP contribution in [0, 0.1) is 11.3 Å². The van der Waals surface area contributed by atoms with E-state index in [1.807, 2.05) is 0 Å². The fourth-order valence-corrected chi connectivity index (χ4v) is 2.96. The van der Waals surface area contributed by atoms with Gasteiger partial charge in [0.2, 0.25) is 10.0 Å². The van der Waals surface area contributed by atoms with Crippen molar-refractivity contribution in [3.8, 4) is 0 Å². The van der Waals surface area contributed by atoms with Gasteiger partial charge in [-0.2, -0.15) is 0 Å². The Bertz CT molecular complexity index is 311. The van der Waals surface area contributed by atoms with Gasteiger partial charge in [-0.25, -0.2) is 13.6 Å². The van der Waals surface area contributed by atoms with Gasteiger partial charge in [0, 0.05) is 12.6 Å². The molecule has 0 aromatic carbocycles. The van der Waals surface area contributed by atoms with Crippen LogP contribution in [0.1, 0.15) is 33.6 Å². The second-order valence-electron chi connectivity index (χ2n) is 5.48. The number of sulfonamides is 1. The van der Waals surface area contributed by atoms with E-state index in [0.717, 1.165) is 6.42 Å². The van der Waals surface area contributed by atoms with Crippen LogP contribution >= 0.6 is 0 Å². The molecular formula is C10H22N2O2S. The van der Waals surface area contributed by atoms with Gasteiger partial charge >= 0.3 is 0 Å². The Balaban J connectivity index is 2.35. The topological polar surface area (TPSA) is 72.2 Å². The maximum atomic E-state index is 10.8. The summed E-state index contributed by atoms with van der Waals surface area (Å²) in [4.78, 5) is 0. The Kier molecular flexibility index (Phi) is 3.79. The van der Waals surface area contributed by atoms with Crippen molar-refractivity contribution in [1.29, 1.82) is 0 Å². The number of nitrogens with one attached hydrogen (secondary N) is 1. The summed E-state index contributed by atoms with van der Waals surface area (Å²) in [5.74, 6) is 0.636. The highest BCUT2D eigenvalue weighted by Crippen LogP contribution is 2.40. The summed E-state index contributed by atoms with van der Waals surface area (Å²) in [6.45, 7) is 7.18. The molecular weight excluding hydrogens is 212 g/mol. The summed E-state index contributed by atoms with van der Waals surface area (Å²) in [6, 6.07) is 0.432. The number of primary sulfonamides is 1. The summed E-state index contributed by atoms with van der Waals surface area (Å²) in [5.41, 5.74) is 0.374. The molecule has 1 aliphatic rings. The minimum atomic E-state index is -3.32. The molecule has 0 radical (unpaired) electrons. The van der Waals surface area contributed by atoms with Crippen LogP contribution in [0.15, 0.2) is 0 Å². The number of rotatable bonds is 4. The minimum absolute atomic E-state index is 0.0245. The molecule has 1 saturated carbocycles. The van der Waals surface area contributed by atoms with E-state index in [-0.39, 0.29) is 5.75 Å². The first-order valence-electron chi connectivity index (χ1n) is 5.43. The van der Waals surface area contributed by atoms with Gasteiger partial charge in [0.25, 0.3) is 0 Å². The standard InChI is InChI=1S/C10H22N2O2S/c1-8-6-10(2,3)7-9(8)12-4-5-15(11,13)14/h8-9,12H,4-7H2,1-3H3,(H2,11,13,14). The fraction of sp³-hybridized carbons (Fsp3) is 1.00. The molecule has 4 nitrogen and oxygen atoms in total. The maximum absolute atomic E-state index is 10.8. The molecule has 0 bridgehead atoms. The quantitative estimate of drug-likeness (QED) is 0.751. The Labute approximate surface area is 92.7 Å². The summed E-state index contributed by atoms with van der Waals surface area (Å²) in [6.07, 6.45) is 2.30. The fourth-order valence-electron chi connectivity index (χ4n) is 2.55. The molecule has 3 N–H and O–H groups in total. The normalized spacial score (nSPS) is 30.7. The average Bonchev–Trinajstić information content (AvgIpc) is 2.22. The largest absolute Gasteiger partial charge is 0.313 e. The molecule has 0 aromatic rings. The smallest absolute Gasteiger partial charge is 0.210 e. The van der Waals surface area contributed by atoms with Gasteiger partial charge in [-0.1, -0.05) is 20.8 Å². The van der Waals surface area contributed by atoms with Gasteiger partial charge < -0.3 is 5.32 Å². The lowest BCUT2D eigenvalue weighted by molar-refractivity contribution is 0.363. The molecule has 90 valence electrons. The summed E-state index contributed by atoms with van der Waals surface area (Å²) in [5, 5.41) is 8.22. The molecule has 15 heavy (non-hydrogen) atoms. The first-order chi connectivity index (χ1) is 6.70. The Morgan fingerprint density at radius 1 is 1.40 bits per heavy atom. The minimum Gasteiger partial charge on any atom is -0.313 e. The van der Waals surface area contributed by atoms with Crippen molar-refractivity contribution in [2.75, 3.05) is 12.3 Å². The SMILES string of the molecule is CC1CC(C)(C)CC1NCCS(N)(=O)=O. The Morgan fingerprint density at radius 2 is 2.00 bits per heavy atom. The monoisotopic (exact) mass is 234 g/mol. The predicted molar refractivity (Wildman–Crippen MR) is 61.9 cm³/mol. The van der Waals surface area contributed by atoms with Gasteiger partial charge in [0.15, 0.2) is 0 Å². The zero-order valence-electron chi connectivity index (χ0n) is 9.79. The van der Waals surface area contributed by atoms with Crippen LogP contribution < -0.4 is 10.5 Å². The van der Waals surface area contributed by atoms with Crippen LogP contribution in [-0.2, 0) is 10.0 Å². The van der Waals surface area contributed by atoms with E-state index < -0.39 is 10.0 Å². The van der Waals surface area contributed by atoms with E-state index >= 15 is 0 Å². The highest BCUT2D eigenvalue weighted by molar-refractivity contribution is 7.89. The predicted octanol–water partition coefficient (Wildman–Crippen LogP) is 0.689. The van der Waals surface area contributed by atoms with Gasteiger partial charge in [0.05, 0.1) is 5.75 Å². The van der Waals surface area contributed by atoms with Crippen molar-refractivity contribution in [2.45, 2.75) is 39.7 Å². The van der Waals surface area contributed by atoms with Crippen LogP contribution in [0.5, 0.6) is 0 Å². The van der Waals surface area contributed by atoms with E-state index in [4.69, 9.17) is 5.14 Å². The van der Waals surface area contributed by atoms with E-state index in [1.165, 1.54) is 6.42 Å². The van der Waals surface area contributed by atoms with Crippen molar-refractivity contribution in [1.82, 2.24) is 5.32 Å². The van der Waals surface area contributed by atoms with Crippen LogP contribution in [-0.4, -0.2) is 26.8 Å². The van der Waals surface area contributed by atoms with Crippen LogP contribution in [0.2, 0.25) is 0 Å². The molecule has 1 aliphatic carbocycles. The lowest BCUT2D eigenvalue weighted by Crippen LogP contribution is -2.36. The molecule has 0 amide bonds. The van der Waals surface area contributed by atoms with E-state index in [2.05, 4.69) is 26.1 Å². The highest BCUT2D eigenvalue weighted by atomic mass is 32.2. The molecule has 0 aliphatic heterocycles. The first-order valence-corrected chi connectivity index (χ1v) is 7.15. The van der Waals surface area contributed by atoms with E-state index in [9.17, 15) is 8.42 Å². The molecule has 5 heteroatoms. The van der Waals surface area contributed by atoms with Gasteiger partial charge in [-0.05, 0) is 24.2 Å². The molecule has 0 saturated heterocycles. The molecule has 2 atom stereocenters. The number of nitrogens with two attached hydrogens (primary N) is 1. The second kappa shape index (κ2) is 4.39. The van der Waals surface area contributed by atoms with Crippen molar-refractivity contribution in [3.05, 3.63) is 0 Å². The summed E-state index contributed by atoms with van der Waals surface area (Å²) >= 11 is 0. The molecule has 2 unspecified atom stereocenters. The zero-order valence-corrected chi connectivity index (χ0v) is 10.6. The molecule has 0 heterocycles. The van der Waals surface area contributed by atoms with Crippen LogP contribution in [0.4, 0.5) is 0 Å². The Morgan fingerprint density at radius 3 is 2.40 bits per heavy atom. The summed E-state index contributed by atoms with van der Waals surface area (Å²) in [7, 11) is -3.32. The van der Waals surface area contributed by atoms with Gasteiger partial charge in [0.1, 0.15) is 0 Å². The second-order valence-corrected chi connectivity index (χ2v) is 7.21. The van der Waals surface area contributed by atoms with Crippen molar-refractivity contribution < 1.29 is 8.42 Å². The third kappa shape index (κ3) is 4.49. The average molecular weight is 234 g/mol. The van der Waals surface area contributed by atoms with E-state index in [0.29, 0.717) is 23.9 Å². The third-order valence-electron chi connectivity index (χ3n) is 3.13.